The molecule has 1 saturated carbocycles. The zero-order chi connectivity index (χ0) is 16.4. The lowest BCUT2D eigenvalue weighted by molar-refractivity contribution is -0.143. The van der Waals surface area contributed by atoms with Gasteiger partial charge in [0, 0.05) is 11.9 Å². The Balaban J connectivity index is 1.85. The molecule has 1 aliphatic carbocycles. The van der Waals surface area contributed by atoms with Crippen molar-refractivity contribution in [2.45, 2.75) is 38.0 Å². The quantitative estimate of drug-likeness (QED) is 0.622. The topological polar surface area (TPSA) is 52.1 Å². The molecule has 1 heterocycles. The fraction of sp³-hybridized carbons (Fsp3) is 0.389. The van der Waals surface area contributed by atoms with Crippen molar-refractivity contribution in [2.75, 3.05) is 7.11 Å². The van der Waals surface area contributed by atoms with Crippen molar-refractivity contribution in [3.8, 4) is 0 Å². The van der Waals surface area contributed by atoms with E-state index in [-0.39, 0.29) is 11.3 Å². The van der Waals surface area contributed by atoms with Crippen LogP contribution < -0.4 is 0 Å². The van der Waals surface area contributed by atoms with Crippen LogP contribution in [0.2, 0.25) is 5.28 Å². The van der Waals surface area contributed by atoms with Crippen LogP contribution in [0.1, 0.15) is 35.2 Å². The maximum absolute atomic E-state index is 12.2. The van der Waals surface area contributed by atoms with E-state index in [1.807, 2.05) is 25.1 Å². The predicted molar refractivity (Wildman–Crippen MR) is 88.6 cm³/mol. The summed E-state index contributed by atoms with van der Waals surface area (Å²) in [6, 6.07) is 8.11. The van der Waals surface area contributed by atoms with Crippen LogP contribution in [0.4, 0.5) is 0 Å². The van der Waals surface area contributed by atoms with E-state index in [4.69, 9.17) is 16.3 Å². The number of methoxy groups -OCH3 is 1. The summed E-state index contributed by atoms with van der Waals surface area (Å²) >= 11 is 5.89. The summed E-state index contributed by atoms with van der Waals surface area (Å²) in [5.41, 5.74) is 3.79. The summed E-state index contributed by atoms with van der Waals surface area (Å²) in [5, 5.41) is 0.270. The van der Waals surface area contributed by atoms with E-state index in [9.17, 15) is 4.79 Å². The first-order valence-corrected chi connectivity index (χ1v) is 8.09. The van der Waals surface area contributed by atoms with Crippen LogP contribution in [0.5, 0.6) is 0 Å². The Morgan fingerprint density at radius 3 is 2.74 bits per heavy atom. The van der Waals surface area contributed by atoms with Crippen molar-refractivity contribution in [3.63, 3.8) is 0 Å². The minimum absolute atomic E-state index is 0.133. The summed E-state index contributed by atoms with van der Waals surface area (Å²) in [6.07, 6.45) is 5.03. The molecule has 0 N–H and O–H groups in total. The highest BCUT2D eigenvalue weighted by Gasteiger charge is 2.53. The molecule has 3 rings (SSSR count). The Kier molecular flexibility index (Phi) is 4.35. The second-order valence-electron chi connectivity index (χ2n) is 6.00. The third kappa shape index (κ3) is 3.08. The molecule has 120 valence electrons. The third-order valence-corrected chi connectivity index (χ3v) is 4.72. The molecule has 4 nitrogen and oxygen atoms in total. The number of aromatic nitrogens is 2. The lowest BCUT2D eigenvalue weighted by Crippen LogP contribution is -2.23. The number of halogens is 1. The Morgan fingerprint density at radius 2 is 2.04 bits per heavy atom. The Hall–Kier alpha value is -1.94. The second kappa shape index (κ2) is 6.28. The minimum Gasteiger partial charge on any atom is -0.468 e. The average molecular weight is 331 g/mol. The molecule has 0 bridgehead atoms. The molecule has 1 aromatic heterocycles. The number of ether oxygens (including phenoxy) is 1. The summed E-state index contributed by atoms with van der Waals surface area (Å²) < 4.78 is 5.01. The number of benzene rings is 1. The maximum atomic E-state index is 12.2. The zero-order valence-electron chi connectivity index (χ0n) is 13.3. The van der Waals surface area contributed by atoms with Gasteiger partial charge < -0.3 is 4.74 Å². The van der Waals surface area contributed by atoms with Crippen LogP contribution >= 0.6 is 11.6 Å². The van der Waals surface area contributed by atoms with E-state index in [0.717, 1.165) is 42.5 Å². The lowest BCUT2D eigenvalue weighted by Gasteiger charge is -2.17. The molecule has 0 radical (unpaired) electrons. The predicted octanol–water partition coefficient (Wildman–Crippen LogP) is 3.43. The number of aryl methyl sites for hydroxylation is 3. The van der Waals surface area contributed by atoms with E-state index in [1.54, 1.807) is 6.20 Å². The Labute approximate surface area is 140 Å². The zero-order valence-corrected chi connectivity index (χ0v) is 14.1. The fourth-order valence-corrected chi connectivity index (χ4v) is 3.22. The second-order valence-corrected chi connectivity index (χ2v) is 6.34. The number of carbonyl (C=O) groups excluding carboxylic acids is 1. The largest absolute Gasteiger partial charge is 0.468 e. The molecule has 0 unspecified atom stereocenters. The molecule has 0 saturated heterocycles. The van der Waals surface area contributed by atoms with Crippen molar-refractivity contribution in [2.24, 2.45) is 0 Å². The van der Waals surface area contributed by atoms with Crippen LogP contribution in [0.3, 0.4) is 0 Å². The van der Waals surface area contributed by atoms with E-state index >= 15 is 0 Å². The van der Waals surface area contributed by atoms with Gasteiger partial charge in [0.25, 0.3) is 0 Å². The van der Waals surface area contributed by atoms with Crippen LogP contribution in [-0.4, -0.2) is 23.0 Å². The van der Waals surface area contributed by atoms with Crippen molar-refractivity contribution >= 4 is 17.6 Å². The van der Waals surface area contributed by atoms with Gasteiger partial charge in [0.2, 0.25) is 5.28 Å². The summed E-state index contributed by atoms with van der Waals surface area (Å²) in [6.45, 7) is 1.98. The first-order valence-electron chi connectivity index (χ1n) is 7.71. The molecule has 0 aliphatic heterocycles. The fourth-order valence-electron chi connectivity index (χ4n) is 3.07. The van der Waals surface area contributed by atoms with E-state index in [1.165, 1.54) is 12.7 Å². The molecule has 23 heavy (non-hydrogen) atoms. The SMILES string of the molecule is COC(=O)C1(c2ccccc2CCc2nc(Cl)ncc2C)CC1. The highest BCUT2D eigenvalue weighted by Crippen LogP contribution is 2.50. The maximum Gasteiger partial charge on any atom is 0.316 e. The highest BCUT2D eigenvalue weighted by molar-refractivity contribution is 6.28. The van der Waals surface area contributed by atoms with Gasteiger partial charge in [-0.3, -0.25) is 4.79 Å². The normalized spacial score (nSPS) is 15.3. The molecule has 0 atom stereocenters. The first-order chi connectivity index (χ1) is 11.1. The van der Waals surface area contributed by atoms with Crippen molar-refractivity contribution < 1.29 is 9.53 Å². The van der Waals surface area contributed by atoms with Crippen LogP contribution in [-0.2, 0) is 27.8 Å². The smallest absolute Gasteiger partial charge is 0.316 e. The van der Waals surface area contributed by atoms with Crippen molar-refractivity contribution in [3.05, 3.63) is 58.1 Å². The van der Waals surface area contributed by atoms with Crippen molar-refractivity contribution in [1.82, 2.24) is 9.97 Å². The Morgan fingerprint density at radius 1 is 1.30 bits per heavy atom. The average Bonchev–Trinajstić information content (AvgIpc) is 3.37. The monoisotopic (exact) mass is 330 g/mol. The van der Waals surface area contributed by atoms with E-state index in [2.05, 4.69) is 16.0 Å². The first kappa shape index (κ1) is 15.9. The van der Waals surface area contributed by atoms with E-state index < -0.39 is 5.41 Å². The van der Waals surface area contributed by atoms with Gasteiger partial charge in [-0.05, 0) is 60.9 Å². The van der Waals surface area contributed by atoms with Gasteiger partial charge in [-0.2, -0.15) is 0 Å². The summed E-state index contributed by atoms with van der Waals surface area (Å²) in [5.74, 6) is -0.133. The highest BCUT2D eigenvalue weighted by atomic mass is 35.5. The molecule has 0 amide bonds. The van der Waals surface area contributed by atoms with Gasteiger partial charge in [0.15, 0.2) is 0 Å². The van der Waals surface area contributed by atoms with Gasteiger partial charge in [0.05, 0.1) is 12.5 Å². The van der Waals surface area contributed by atoms with Crippen LogP contribution in [0, 0.1) is 6.92 Å². The molecule has 5 heteroatoms. The molecular weight excluding hydrogens is 312 g/mol. The standard InChI is InChI=1S/C18H19ClN2O2/c1-12-11-20-17(19)21-15(12)8-7-13-5-3-4-6-14(13)18(9-10-18)16(22)23-2/h3-6,11H,7-10H2,1-2H3. The van der Waals surface area contributed by atoms with Gasteiger partial charge in [-0.25, -0.2) is 9.97 Å². The number of esters is 1. The molecule has 1 aromatic carbocycles. The van der Waals surface area contributed by atoms with Gasteiger partial charge in [-0.15, -0.1) is 0 Å². The van der Waals surface area contributed by atoms with Crippen LogP contribution in [0.15, 0.2) is 30.5 Å². The molecule has 1 fully saturated rings. The van der Waals surface area contributed by atoms with Crippen molar-refractivity contribution in [1.29, 1.82) is 0 Å². The number of hydrogen-bond acceptors (Lipinski definition) is 4. The number of nitrogens with zero attached hydrogens (tertiary/aromatic N) is 2. The molecular formula is C18H19ClN2O2. The van der Waals surface area contributed by atoms with Gasteiger partial charge >= 0.3 is 5.97 Å². The Bertz CT molecular complexity index is 742. The van der Waals surface area contributed by atoms with Crippen LogP contribution in [0.25, 0.3) is 0 Å². The number of carbonyl (C=O) groups is 1. The summed E-state index contributed by atoms with van der Waals surface area (Å²) in [4.78, 5) is 20.5. The van der Waals surface area contributed by atoms with E-state index in [0.29, 0.717) is 0 Å². The molecule has 0 spiro atoms. The molecule has 1 aliphatic rings. The number of hydrogen-bond donors (Lipinski definition) is 0. The van der Waals surface area contributed by atoms with Gasteiger partial charge in [-0.1, -0.05) is 24.3 Å². The number of rotatable bonds is 5. The molecule has 2 aromatic rings. The third-order valence-electron chi connectivity index (χ3n) is 4.54. The van der Waals surface area contributed by atoms with Gasteiger partial charge in [0.1, 0.15) is 0 Å². The minimum atomic E-state index is -0.441. The lowest BCUT2D eigenvalue weighted by atomic mass is 9.89. The summed E-state index contributed by atoms with van der Waals surface area (Å²) in [7, 11) is 1.46.